The zero-order valence-electron chi connectivity index (χ0n) is 10.7. The first-order valence-electron chi connectivity index (χ1n) is 5.78. The van der Waals surface area contributed by atoms with E-state index in [1.54, 1.807) is 26.0 Å². The molecule has 0 unspecified atom stereocenters. The fraction of sp³-hybridized carbons (Fsp3) is 0.231. The van der Waals surface area contributed by atoms with Crippen LogP contribution in [0.1, 0.15) is 17.0 Å². The highest BCUT2D eigenvalue weighted by Gasteiger charge is 2.11. The third-order valence-corrected chi connectivity index (χ3v) is 2.64. The van der Waals surface area contributed by atoms with Gasteiger partial charge in [0.15, 0.2) is 5.76 Å². The number of halogens is 1. The Labute approximate surface area is 109 Å². The number of aryl methyl sites for hydroxylation is 2. The molecule has 0 atom stereocenters. The molecule has 1 aromatic heterocycles. The van der Waals surface area contributed by atoms with E-state index in [9.17, 15) is 9.18 Å². The fourth-order valence-electron chi connectivity index (χ4n) is 1.60. The summed E-state index contributed by atoms with van der Waals surface area (Å²) in [5.41, 5.74) is 2.00. The molecule has 0 aliphatic rings. The normalized spacial score (nSPS) is 10.3. The molecule has 0 spiro atoms. The topological polar surface area (TPSA) is 67.2 Å². The SMILES string of the molecule is Cc1noc(C)c1NC(=O)NCc1ccc(F)cc1. The number of carbonyl (C=O) groups is 1. The summed E-state index contributed by atoms with van der Waals surface area (Å²) in [6.45, 7) is 3.77. The van der Waals surface area contributed by atoms with Gasteiger partial charge in [-0.15, -0.1) is 0 Å². The molecule has 2 amide bonds. The minimum atomic E-state index is -0.362. The van der Waals surface area contributed by atoms with E-state index in [1.807, 2.05) is 0 Å². The van der Waals surface area contributed by atoms with E-state index in [-0.39, 0.29) is 11.8 Å². The number of nitrogens with zero attached hydrogens (tertiary/aromatic N) is 1. The van der Waals surface area contributed by atoms with Crippen LogP contribution in [-0.2, 0) is 6.54 Å². The standard InChI is InChI=1S/C13H14FN3O2/c1-8-12(9(2)19-17-8)16-13(18)15-7-10-3-5-11(14)6-4-10/h3-6H,7H2,1-2H3,(H2,15,16,18). The van der Waals surface area contributed by atoms with Gasteiger partial charge in [0, 0.05) is 6.54 Å². The van der Waals surface area contributed by atoms with Crippen molar-refractivity contribution in [2.45, 2.75) is 20.4 Å². The van der Waals surface area contributed by atoms with Crippen LogP contribution >= 0.6 is 0 Å². The van der Waals surface area contributed by atoms with Crippen molar-refractivity contribution in [3.8, 4) is 0 Å². The maximum absolute atomic E-state index is 12.7. The first kappa shape index (κ1) is 13.1. The highest BCUT2D eigenvalue weighted by Crippen LogP contribution is 2.18. The molecule has 2 rings (SSSR count). The molecule has 100 valence electrons. The molecular formula is C13H14FN3O2. The lowest BCUT2D eigenvalue weighted by molar-refractivity contribution is 0.251. The molecule has 2 aromatic rings. The van der Waals surface area contributed by atoms with Crippen LogP contribution in [0.25, 0.3) is 0 Å². The van der Waals surface area contributed by atoms with Crippen molar-refractivity contribution in [1.29, 1.82) is 0 Å². The Morgan fingerprint density at radius 1 is 1.32 bits per heavy atom. The molecule has 0 saturated carbocycles. The lowest BCUT2D eigenvalue weighted by Gasteiger charge is -2.07. The molecule has 0 saturated heterocycles. The second-order valence-corrected chi connectivity index (χ2v) is 4.13. The number of carbonyl (C=O) groups excluding carboxylic acids is 1. The highest BCUT2D eigenvalue weighted by molar-refractivity contribution is 5.90. The summed E-state index contributed by atoms with van der Waals surface area (Å²) in [7, 11) is 0. The van der Waals surface area contributed by atoms with Crippen LogP contribution in [0.2, 0.25) is 0 Å². The van der Waals surface area contributed by atoms with Crippen molar-refractivity contribution in [2.24, 2.45) is 0 Å². The van der Waals surface area contributed by atoms with Gasteiger partial charge in [0.05, 0.1) is 0 Å². The van der Waals surface area contributed by atoms with Gasteiger partial charge in [-0.05, 0) is 31.5 Å². The van der Waals surface area contributed by atoms with Crippen molar-refractivity contribution < 1.29 is 13.7 Å². The molecule has 1 aromatic carbocycles. The fourth-order valence-corrected chi connectivity index (χ4v) is 1.60. The van der Waals surface area contributed by atoms with Gasteiger partial charge in [0.1, 0.15) is 17.2 Å². The number of hydrogen-bond donors (Lipinski definition) is 2. The average Bonchev–Trinajstić information content (AvgIpc) is 2.70. The smallest absolute Gasteiger partial charge is 0.319 e. The molecule has 0 fully saturated rings. The number of nitrogens with one attached hydrogen (secondary N) is 2. The van der Waals surface area contributed by atoms with Gasteiger partial charge in [-0.3, -0.25) is 0 Å². The summed E-state index contributed by atoms with van der Waals surface area (Å²) in [5, 5.41) is 9.07. The molecule has 0 radical (unpaired) electrons. The Morgan fingerprint density at radius 2 is 2.00 bits per heavy atom. The van der Waals surface area contributed by atoms with Gasteiger partial charge >= 0.3 is 6.03 Å². The van der Waals surface area contributed by atoms with Crippen molar-refractivity contribution >= 4 is 11.7 Å². The van der Waals surface area contributed by atoms with E-state index < -0.39 is 0 Å². The Balaban J connectivity index is 1.90. The van der Waals surface area contributed by atoms with Crippen molar-refractivity contribution in [1.82, 2.24) is 10.5 Å². The Hall–Kier alpha value is -2.37. The molecule has 0 aliphatic carbocycles. The van der Waals surface area contributed by atoms with Gasteiger partial charge in [0.25, 0.3) is 0 Å². The van der Waals surface area contributed by atoms with E-state index in [2.05, 4.69) is 15.8 Å². The first-order valence-corrected chi connectivity index (χ1v) is 5.78. The third-order valence-electron chi connectivity index (χ3n) is 2.64. The van der Waals surface area contributed by atoms with Crippen LogP contribution in [0, 0.1) is 19.7 Å². The Kier molecular flexibility index (Phi) is 3.79. The average molecular weight is 263 g/mol. The van der Waals surface area contributed by atoms with Crippen molar-refractivity contribution in [2.75, 3.05) is 5.32 Å². The van der Waals surface area contributed by atoms with Gasteiger partial charge in [0.2, 0.25) is 0 Å². The molecule has 0 bridgehead atoms. The lowest BCUT2D eigenvalue weighted by atomic mass is 10.2. The molecule has 5 nitrogen and oxygen atoms in total. The third kappa shape index (κ3) is 3.31. The molecule has 19 heavy (non-hydrogen) atoms. The molecule has 1 heterocycles. The number of aromatic nitrogens is 1. The quantitative estimate of drug-likeness (QED) is 0.894. The zero-order valence-corrected chi connectivity index (χ0v) is 10.7. The molecule has 6 heteroatoms. The Bertz CT molecular complexity index is 559. The maximum atomic E-state index is 12.7. The number of rotatable bonds is 3. The summed E-state index contributed by atoms with van der Waals surface area (Å²) in [4.78, 5) is 11.7. The number of benzene rings is 1. The summed E-state index contributed by atoms with van der Waals surface area (Å²) in [5.74, 6) is 0.248. The van der Waals surface area contributed by atoms with Gasteiger partial charge < -0.3 is 15.2 Å². The minimum absolute atomic E-state index is 0.302. The zero-order chi connectivity index (χ0) is 13.8. The van der Waals surface area contributed by atoms with Crippen LogP contribution < -0.4 is 10.6 Å². The van der Waals surface area contributed by atoms with Gasteiger partial charge in [-0.2, -0.15) is 0 Å². The largest absolute Gasteiger partial charge is 0.359 e. The van der Waals surface area contributed by atoms with Crippen molar-refractivity contribution in [3.63, 3.8) is 0 Å². The van der Waals surface area contributed by atoms with Crippen LogP contribution in [0.3, 0.4) is 0 Å². The van der Waals surface area contributed by atoms with Crippen LogP contribution in [0.4, 0.5) is 14.9 Å². The van der Waals surface area contributed by atoms with E-state index in [0.717, 1.165) is 5.56 Å². The molecular weight excluding hydrogens is 249 g/mol. The van der Waals surface area contributed by atoms with Gasteiger partial charge in [-0.25, -0.2) is 9.18 Å². The summed E-state index contributed by atoms with van der Waals surface area (Å²) in [6.07, 6.45) is 0. The summed E-state index contributed by atoms with van der Waals surface area (Å²) < 4.78 is 17.6. The predicted molar refractivity (Wildman–Crippen MR) is 68.2 cm³/mol. The van der Waals surface area contributed by atoms with Crippen LogP contribution in [0.15, 0.2) is 28.8 Å². The van der Waals surface area contributed by atoms with Crippen molar-refractivity contribution in [3.05, 3.63) is 47.1 Å². The highest BCUT2D eigenvalue weighted by atomic mass is 19.1. The minimum Gasteiger partial charge on any atom is -0.359 e. The Morgan fingerprint density at radius 3 is 2.58 bits per heavy atom. The second-order valence-electron chi connectivity index (χ2n) is 4.13. The number of anilines is 1. The van der Waals surface area contributed by atoms with Gasteiger partial charge in [-0.1, -0.05) is 17.3 Å². The van der Waals surface area contributed by atoms with E-state index in [0.29, 0.717) is 23.7 Å². The maximum Gasteiger partial charge on any atom is 0.319 e. The summed E-state index contributed by atoms with van der Waals surface area (Å²) in [6, 6.07) is 5.57. The second kappa shape index (κ2) is 5.51. The van der Waals surface area contributed by atoms with Crippen LogP contribution in [-0.4, -0.2) is 11.2 Å². The van der Waals surface area contributed by atoms with E-state index in [1.165, 1.54) is 12.1 Å². The monoisotopic (exact) mass is 263 g/mol. The van der Waals surface area contributed by atoms with E-state index in [4.69, 9.17) is 4.52 Å². The predicted octanol–water partition coefficient (Wildman–Crippen LogP) is 2.75. The number of amides is 2. The molecule has 2 N–H and O–H groups in total. The number of urea groups is 1. The van der Waals surface area contributed by atoms with Crippen LogP contribution in [0.5, 0.6) is 0 Å². The summed E-state index contributed by atoms with van der Waals surface area (Å²) >= 11 is 0. The number of hydrogen-bond acceptors (Lipinski definition) is 3. The van der Waals surface area contributed by atoms with E-state index >= 15 is 0 Å². The lowest BCUT2D eigenvalue weighted by Crippen LogP contribution is -2.28. The molecule has 0 aliphatic heterocycles. The first-order chi connectivity index (χ1) is 9.06.